The van der Waals surface area contributed by atoms with Crippen molar-refractivity contribution >= 4 is 21.7 Å². The highest BCUT2D eigenvalue weighted by molar-refractivity contribution is 8.03. The van der Waals surface area contributed by atoms with Crippen LogP contribution in [0.4, 0.5) is 0 Å². The molecule has 4 aromatic carbocycles. The smallest absolute Gasteiger partial charge is 0.0230 e. The third-order valence-corrected chi connectivity index (χ3v) is 8.51. The van der Waals surface area contributed by atoms with Gasteiger partial charge in [-0.1, -0.05) is 66.4 Å². The van der Waals surface area contributed by atoms with Crippen LogP contribution in [0.1, 0.15) is 0 Å². The van der Waals surface area contributed by atoms with Gasteiger partial charge in [0.2, 0.25) is 0 Å². The molecular formula is C24H20OS2. The molecule has 0 aliphatic carbocycles. The molecule has 0 amide bonds. The summed E-state index contributed by atoms with van der Waals surface area (Å²) in [6.07, 6.45) is 0. The van der Waals surface area contributed by atoms with Gasteiger partial charge in [0, 0.05) is 24.5 Å². The molecule has 134 valence electrons. The Morgan fingerprint density at radius 3 is 1.30 bits per heavy atom. The van der Waals surface area contributed by atoms with Gasteiger partial charge >= 0.3 is 0 Å². The Labute approximate surface area is 165 Å². The first kappa shape index (κ1) is 17.8. The van der Waals surface area contributed by atoms with Crippen LogP contribution >= 0.6 is 11.8 Å². The number of hydrogen-bond acceptors (Lipinski definition) is 2. The average molecular weight is 389 g/mol. The first-order valence-corrected chi connectivity index (χ1v) is 11.3. The zero-order valence-electron chi connectivity index (χ0n) is 14.7. The Morgan fingerprint density at radius 2 is 0.815 bits per heavy atom. The lowest BCUT2D eigenvalue weighted by Crippen LogP contribution is -2.13. The quantitative estimate of drug-likeness (QED) is 0.402. The summed E-state index contributed by atoms with van der Waals surface area (Å²) in [6.45, 7) is 0. The van der Waals surface area contributed by atoms with Gasteiger partial charge in [0.05, 0.1) is 0 Å². The van der Waals surface area contributed by atoms with Crippen molar-refractivity contribution < 1.29 is 4.21 Å². The molecule has 3 heteroatoms. The summed E-state index contributed by atoms with van der Waals surface area (Å²) in [6, 6.07) is 38.0. The van der Waals surface area contributed by atoms with Crippen LogP contribution in [0.3, 0.4) is 0 Å². The molecule has 0 saturated heterocycles. The lowest BCUT2D eigenvalue weighted by Gasteiger charge is -2.25. The summed E-state index contributed by atoms with van der Waals surface area (Å²) in [5, 5.41) is 0. The van der Waals surface area contributed by atoms with Crippen LogP contribution in [0.15, 0.2) is 140 Å². The number of hydrogen-bond donors (Lipinski definition) is 1. The molecule has 0 fully saturated rings. The van der Waals surface area contributed by atoms with E-state index in [0.717, 1.165) is 19.6 Å². The molecule has 1 nitrogen and oxygen atoms in total. The summed E-state index contributed by atoms with van der Waals surface area (Å²) in [7, 11) is -2.89. The first-order chi connectivity index (χ1) is 13.3. The highest BCUT2D eigenvalue weighted by atomic mass is 32.2. The van der Waals surface area contributed by atoms with Crippen LogP contribution in [-0.2, 0) is 9.93 Å². The molecule has 0 bridgehead atoms. The first-order valence-electron chi connectivity index (χ1n) is 8.82. The summed E-state index contributed by atoms with van der Waals surface area (Å²) < 4.78 is 14.3. The Hall–Kier alpha value is -2.62. The third kappa shape index (κ3) is 3.75. The van der Waals surface area contributed by atoms with Gasteiger partial charge in [-0.25, -0.2) is 0 Å². The van der Waals surface area contributed by atoms with Crippen LogP contribution < -0.4 is 0 Å². The van der Waals surface area contributed by atoms with E-state index in [1.165, 1.54) is 4.90 Å². The van der Waals surface area contributed by atoms with E-state index in [2.05, 4.69) is 24.3 Å². The van der Waals surface area contributed by atoms with Crippen molar-refractivity contribution in [2.24, 2.45) is 0 Å². The van der Waals surface area contributed by atoms with E-state index in [9.17, 15) is 4.21 Å². The highest BCUT2D eigenvalue weighted by Gasteiger charge is 2.23. The average Bonchev–Trinajstić information content (AvgIpc) is 2.76. The second kappa shape index (κ2) is 7.95. The van der Waals surface area contributed by atoms with E-state index >= 15 is 0 Å². The minimum absolute atomic E-state index is 0.859. The molecule has 0 aliphatic heterocycles. The van der Waals surface area contributed by atoms with E-state index in [0.29, 0.717) is 0 Å². The Morgan fingerprint density at radius 1 is 0.444 bits per heavy atom. The van der Waals surface area contributed by atoms with Gasteiger partial charge in [-0.05, 0) is 70.6 Å². The maximum Gasteiger partial charge on any atom is 0.0230 e. The second-order valence-corrected chi connectivity index (χ2v) is 10.1. The molecule has 0 unspecified atom stereocenters. The van der Waals surface area contributed by atoms with Gasteiger partial charge in [0.15, 0.2) is 0 Å². The van der Waals surface area contributed by atoms with E-state index < -0.39 is 9.93 Å². The van der Waals surface area contributed by atoms with Crippen molar-refractivity contribution in [3.05, 3.63) is 115 Å². The van der Waals surface area contributed by atoms with Crippen LogP contribution in [0.25, 0.3) is 0 Å². The number of thiol groups is 1. The molecule has 0 aromatic heterocycles. The molecule has 27 heavy (non-hydrogen) atoms. The Kier molecular flexibility index (Phi) is 5.23. The normalized spacial score (nSPS) is 11.9. The maximum absolute atomic E-state index is 14.3. The lowest BCUT2D eigenvalue weighted by atomic mass is 10.3. The molecular weight excluding hydrogens is 368 g/mol. The van der Waals surface area contributed by atoms with E-state index in [-0.39, 0.29) is 0 Å². The molecule has 0 heterocycles. The standard InChI is InChI=1S/C24H20OS2/c25-27(22-12-6-2-7-13-22,23-14-8-3-9-15-23)24-18-16-21(17-19-24)26-20-10-4-1-5-11-20/h1-19,27H. The van der Waals surface area contributed by atoms with Crippen LogP contribution in [0.2, 0.25) is 0 Å². The Balaban J connectivity index is 1.74. The predicted octanol–water partition coefficient (Wildman–Crippen LogP) is 6.33. The minimum Gasteiger partial charge on any atom is -0.271 e. The van der Waals surface area contributed by atoms with Crippen LogP contribution in [-0.4, -0.2) is 4.21 Å². The lowest BCUT2D eigenvalue weighted by molar-refractivity contribution is 0.669. The monoisotopic (exact) mass is 388 g/mol. The molecule has 4 rings (SSSR count). The highest BCUT2D eigenvalue weighted by Crippen LogP contribution is 2.37. The minimum atomic E-state index is -2.89. The van der Waals surface area contributed by atoms with Gasteiger partial charge in [-0.15, -0.1) is 0 Å². The van der Waals surface area contributed by atoms with E-state index in [1.54, 1.807) is 11.8 Å². The zero-order valence-corrected chi connectivity index (χ0v) is 16.4. The predicted molar refractivity (Wildman–Crippen MR) is 114 cm³/mol. The molecule has 0 radical (unpaired) electrons. The molecule has 0 atom stereocenters. The largest absolute Gasteiger partial charge is 0.271 e. The second-order valence-electron chi connectivity index (χ2n) is 6.19. The maximum atomic E-state index is 14.3. The van der Waals surface area contributed by atoms with Gasteiger partial charge < -0.3 is 0 Å². The summed E-state index contributed by atoms with van der Waals surface area (Å²) in [5.41, 5.74) is 0. The van der Waals surface area contributed by atoms with Crippen molar-refractivity contribution in [3.63, 3.8) is 0 Å². The molecule has 4 aromatic rings. The van der Waals surface area contributed by atoms with Crippen molar-refractivity contribution in [1.29, 1.82) is 0 Å². The van der Waals surface area contributed by atoms with Gasteiger partial charge in [0.25, 0.3) is 0 Å². The van der Waals surface area contributed by atoms with Crippen LogP contribution in [0.5, 0.6) is 0 Å². The summed E-state index contributed by atoms with van der Waals surface area (Å²) in [5.74, 6) is 0. The van der Waals surface area contributed by atoms with Gasteiger partial charge in [-0.2, -0.15) is 0 Å². The summed E-state index contributed by atoms with van der Waals surface area (Å²) >= 11 is 1.71. The SMILES string of the molecule is O=[SH](c1ccccc1)(c1ccccc1)c1ccc(Sc2ccccc2)cc1. The van der Waals surface area contributed by atoms with E-state index in [4.69, 9.17) is 0 Å². The van der Waals surface area contributed by atoms with Crippen molar-refractivity contribution in [2.45, 2.75) is 24.5 Å². The molecule has 0 saturated carbocycles. The Bertz CT molecular complexity index is 1000. The van der Waals surface area contributed by atoms with Crippen molar-refractivity contribution in [1.82, 2.24) is 0 Å². The zero-order chi connectivity index (χ0) is 18.5. The fourth-order valence-electron chi connectivity index (χ4n) is 3.07. The number of benzene rings is 4. The van der Waals surface area contributed by atoms with Crippen molar-refractivity contribution in [3.8, 4) is 0 Å². The molecule has 0 aliphatic rings. The van der Waals surface area contributed by atoms with E-state index in [1.807, 2.05) is 91.0 Å². The third-order valence-electron chi connectivity index (χ3n) is 4.42. The van der Waals surface area contributed by atoms with Crippen molar-refractivity contribution in [2.75, 3.05) is 0 Å². The van der Waals surface area contributed by atoms with Crippen LogP contribution in [0, 0.1) is 0 Å². The fraction of sp³-hybridized carbons (Fsp3) is 0. The fourth-order valence-corrected chi connectivity index (χ4v) is 6.56. The topological polar surface area (TPSA) is 17.1 Å². The van der Waals surface area contributed by atoms with Gasteiger partial charge in [-0.3, -0.25) is 4.21 Å². The van der Waals surface area contributed by atoms with Gasteiger partial charge in [0.1, 0.15) is 0 Å². The summed E-state index contributed by atoms with van der Waals surface area (Å²) in [4.78, 5) is 4.91. The number of rotatable bonds is 5. The molecule has 0 spiro atoms. The molecule has 0 N–H and O–H groups in total.